The van der Waals surface area contributed by atoms with Gasteiger partial charge in [-0.15, -0.1) is 0 Å². The van der Waals surface area contributed by atoms with Crippen LogP contribution in [0.5, 0.6) is 0 Å². The largest absolute Gasteiger partial charge is 0.350 e. The minimum absolute atomic E-state index is 0.0286. The van der Waals surface area contributed by atoms with Crippen molar-refractivity contribution in [3.05, 3.63) is 42.5 Å². The van der Waals surface area contributed by atoms with Crippen LogP contribution >= 0.6 is 0 Å². The molecule has 1 aromatic heterocycles. The first-order chi connectivity index (χ1) is 11.7. The molecule has 2 saturated carbocycles. The molecule has 1 heterocycles. The number of nitrogens with one attached hydrogen (secondary N) is 1. The number of rotatable bonds is 5. The third kappa shape index (κ3) is 3.07. The second-order valence-electron chi connectivity index (χ2n) is 7.36. The molecular weight excluding hydrogens is 300 g/mol. The van der Waals surface area contributed by atoms with Crippen LogP contribution in [-0.2, 0) is 4.79 Å². The van der Waals surface area contributed by atoms with E-state index in [9.17, 15) is 4.79 Å². The number of aromatic nitrogens is 3. The minimum atomic E-state index is 0.0286. The second-order valence-corrected chi connectivity index (χ2v) is 7.36. The Balaban J connectivity index is 1.33. The van der Waals surface area contributed by atoms with Crippen LogP contribution in [0.2, 0.25) is 0 Å². The molecule has 0 unspecified atom stereocenters. The lowest BCUT2D eigenvalue weighted by Gasteiger charge is -2.22. The number of hydrogen-bond acceptors (Lipinski definition) is 3. The number of nitrogens with zero attached hydrogens (tertiary/aromatic N) is 3. The molecule has 0 radical (unpaired) electrons. The zero-order valence-corrected chi connectivity index (χ0v) is 14.1. The normalized spacial score (nSPS) is 26.5. The Morgan fingerprint density at radius 2 is 2.12 bits per heavy atom. The fraction of sp³-hybridized carbons (Fsp3) is 0.526. The number of hydrogen-bond donors (Lipinski definition) is 1. The first kappa shape index (κ1) is 15.4. The van der Waals surface area contributed by atoms with Gasteiger partial charge in [-0.2, -0.15) is 5.10 Å². The van der Waals surface area contributed by atoms with Crippen LogP contribution in [0, 0.1) is 17.8 Å². The van der Waals surface area contributed by atoms with Crippen molar-refractivity contribution < 1.29 is 4.79 Å². The molecule has 1 amide bonds. The number of benzene rings is 1. The zero-order valence-electron chi connectivity index (χ0n) is 14.1. The lowest BCUT2D eigenvalue weighted by atomic mass is 9.86. The number of carbonyl (C=O) groups is 1. The number of amides is 1. The Bertz CT molecular complexity index is 695. The van der Waals surface area contributed by atoms with Gasteiger partial charge in [0.1, 0.15) is 12.7 Å². The molecule has 2 aromatic rings. The van der Waals surface area contributed by atoms with E-state index in [2.05, 4.69) is 15.4 Å². The molecule has 2 bridgehead atoms. The van der Waals surface area contributed by atoms with Gasteiger partial charge in [-0.3, -0.25) is 4.79 Å². The average Bonchev–Trinajstić information content (AvgIpc) is 3.32. The summed E-state index contributed by atoms with van der Waals surface area (Å²) < 4.78 is 1.72. The predicted molar refractivity (Wildman–Crippen MR) is 91.5 cm³/mol. The van der Waals surface area contributed by atoms with Crippen LogP contribution < -0.4 is 5.32 Å². The van der Waals surface area contributed by atoms with Gasteiger partial charge in [0.2, 0.25) is 5.91 Å². The smallest absolute Gasteiger partial charge is 0.220 e. The lowest BCUT2D eigenvalue weighted by Crippen LogP contribution is -2.29. The minimum Gasteiger partial charge on any atom is -0.350 e. The van der Waals surface area contributed by atoms with Crippen LogP contribution in [0.3, 0.4) is 0 Å². The molecular formula is C19H24N4O. The van der Waals surface area contributed by atoms with Gasteiger partial charge in [0.15, 0.2) is 0 Å². The molecule has 5 heteroatoms. The van der Waals surface area contributed by atoms with E-state index in [1.54, 1.807) is 11.0 Å². The van der Waals surface area contributed by atoms with Crippen LogP contribution in [0.1, 0.15) is 50.6 Å². The summed E-state index contributed by atoms with van der Waals surface area (Å²) in [6.45, 7) is 2.04. The van der Waals surface area contributed by atoms with Gasteiger partial charge in [0.05, 0.1) is 11.7 Å². The molecule has 4 atom stereocenters. The molecule has 2 aliphatic carbocycles. The molecule has 1 aromatic carbocycles. The Kier molecular flexibility index (Phi) is 4.08. The van der Waals surface area contributed by atoms with Crippen molar-refractivity contribution in [3.8, 4) is 5.69 Å². The van der Waals surface area contributed by atoms with Crippen molar-refractivity contribution >= 4 is 5.91 Å². The van der Waals surface area contributed by atoms with Gasteiger partial charge < -0.3 is 5.32 Å². The number of carbonyl (C=O) groups excluding carboxylic acids is 1. The fourth-order valence-electron chi connectivity index (χ4n) is 4.51. The maximum atomic E-state index is 12.4. The summed E-state index contributed by atoms with van der Waals surface area (Å²) in [5.74, 6) is 2.51. The highest BCUT2D eigenvalue weighted by molar-refractivity contribution is 5.76. The van der Waals surface area contributed by atoms with Gasteiger partial charge >= 0.3 is 0 Å². The quantitative estimate of drug-likeness (QED) is 0.918. The van der Waals surface area contributed by atoms with Crippen molar-refractivity contribution in [2.24, 2.45) is 17.8 Å². The summed E-state index contributed by atoms with van der Waals surface area (Å²) in [5.41, 5.74) is 2.08. The van der Waals surface area contributed by atoms with E-state index < -0.39 is 0 Å². The summed E-state index contributed by atoms with van der Waals surface area (Å²) in [6.07, 6.45) is 9.24. The predicted octanol–water partition coefficient (Wildman–Crippen LogP) is 3.27. The topological polar surface area (TPSA) is 59.8 Å². The summed E-state index contributed by atoms with van der Waals surface area (Å²) in [6, 6.07) is 8.12. The first-order valence-corrected chi connectivity index (χ1v) is 8.93. The molecule has 0 spiro atoms. The highest BCUT2D eigenvalue weighted by Crippen LogP contribution is 2.49. The van der Waals surface area contributed by atoms with Crippen molar-refractivity contribution in [3.63, 3.8) is 0 Å². The Morgan fingerprint density at radius 3 is 2.75 bits per heavy atom. The zero-order chi connectivity index (χ0) is 16.5. The lowest BCUT2D eigenvalue weighted by molar-refractivity contribution is -0.123. The number of fused-ring (bicyclic) bond motifs is 2. The summed E-state index contributed by atoms with van der Waals surface area (Å²) in [7, 11) is 0. The molecule has 1 N–H and O–H groups in total. The summed E-state index contributed by atoms with van der Waals surface area (Å²) >= 11 is 0. The van der Waals surface area contributed by atoms with E-state index in [0.29, 0.717) is 12.3 Å². The van der Waals surface area contributed by atoms with E-state index in [1.807, 2.05) is 31.2 Å². The Morgan fingerprint density at radius 1 is 1.29 bits per heavy atom. The standard InChI is InChI=1S/C19H24N4O/c1-13(15-4-6-18(7-5-15)23-12-20-11-21-23)22-19(24)10-17-9-14-2-3-16(17)8-14/h4-7,11-14,16-17H,2-3,8-10H2,1H3,(H,22,24)/t13-,14-,16-,17-/m0/s1. The molecule has 24 heavy (non-hydrogen) atoms. The second kappa shape index (κ2) is 6.38. The van der Waals surface area contributed by atoms with Crippen molar-refractivity contribution in [2.75, 3.05) is 0 Å². The maximum absolute atomic E-state index is 12.4. The average molecular weight is 324 g/mol. The molecule has 4 rings (SSSR count). The van der Waals surface area contributed by atoms with Gasteiger partial charge in [-0.25, -0.2) is 9.67 Å². The monoisotopic (exact) mass is 324 g/mol. The van der Waals surface area contributed by atoms with E-state index in [4.69, 9.17) is 0 Å². The molecule has 126 valence electrons. The molecule has 0 saturated heterocycles. The van der Waals surface area contributed by atoms with E-state index in [-0.39, 0.29) is 11.9 Å². The SMILES string of the molecule is C[C@H](NC(=O)C[C@@H]1C[C@H]2CC[C@H]1C2)c1ccc(-n2cncn2)cc1. The fourth-order valence-corrected chi connectivity index (χ4v) is 4.51. The molecule has 2 fully saturated rings. The van der Waals surface area contributed by atoms with E-state index >= 15 is 0 Å². The Hall–Kier alpha value is -2.17. The summed E-state index contributed by atoms with van der Waals surface area (Å²) in [5, 5.41) is 7.28. The van der Waals surface area contributed by atoms with Gasteiger partial charge in [0, 0.05) is 6.42 Å². The van der Waals surface area contributed by atoms with Crippen LogP contribution in [0.25, 0.3) is 5.69 Å². The van der Waals surface area contributed by atoms with E-state index in [1.165, 1.54) is 32.0 Å². The molecule has 2 aliphatic rings. The molecule has 5 nitrogen and oxygen atoms in total. The van der Waals surface area contributed by atoms with Gasteiger partial charge in [-0.05, 0) is 61.6 Å². The van der Waals surface area contributed by atoms with Crippen LogP contribution in [0.4, 0.5) is 0 Å². The third-order valence-corrected chi connectivity index (χ3v) is 5.79. The van der Waals surface area contributed by atoms with E-state index in [0.717, 1.165) is 23.1 Å². The van der Waals surface area contributed by atoms with Gasteiger partial charge in [0.25, 0.3) is 0 Å². The van der Waals surface area contributed by atoms with Crippen molar-refractivity contribution in [1.82, 2.24) is 20.1 Å². The maximum Gasteiger partial charge on any atom is 0.220 e. The van der Waals surface area contributed by atoms with Crippen molar-refractivity contribution in [2.45, 2.75) is 45.1 Å². The highest BCUT2D eigenvalue weighted by atomic mass is 16.1. The molecule has 0 aliphatic heterocycles. The van der Waals surface area contributed by atoms with Crippen molar-refractivity contribution in [1.29, 1.82) is 0 Å². The first-order valence-electron chi connectivity index (χ1n) is 8.93. The Labute approximate surface area is 142 Å². The van der Waals surface area contributed by atoms with Crippen LogP contribution in [-0.4, -0.2) is 20.7 Å². The highest BCUT2D eigenvalue weighted by Gasteiger charge is 2.40. The third-order valence-electron chi connectivity index (χ3n) is 5.79. The van der Waals surface area contributed by atoms with Gasteiger partial charge in [-0.1, -0.05) is 18.6 Å². The summed E-state index contributed by atoms with van der Waals surface area (Å²) in [4.78, 5) is 16.3. The van der Waals surface area contributed by atoms with Crippen LogP contribution in [0.15, 0.2) is 36.9 Å².